The molecular weight excluding hydrogens is 348 g/mol. The van der Waals surface area contributed by atoms with E-state index < -0.39 is 29.5 Å². The summed E-state index contributed by atoms with van der Waals surface area (Å²) in [5, 5.41) is 7.85. The van der Waals surface area contributed by atoms with Crippen molar-refractivity contribution in [1.29, 1.82) is 0 Å². The standard InChI is InChI=1S/C13H12F4N6O2/c1-22(12(18)25)20-11(24)10-6-23(21-19-10)5-7-2-3-9(14)8(4-7)13(15,16)17/h2-4,6H,5H2,1H3,(H2,18,25)(H,20,24). The van der Waals surface area contributed by atoms with Gasteiger partial charge in [0.25, 0.3) is 5.91 Å². The van der Waals surface area contributed by atoms with Gasteiger partial charge in [0.05, 0.1) is 18.3 Å². The molecule has 1 heterocycles. The Morgan fingerprint density at radius 1 is 1.36 bits per heavy atom. The van der Waals surface area contributed by atoms with Gasteiger partial charge in [0.2, 0.25) is 0 Å². The number of nitrogens with two attached hydrogens (primary N) is 1. The van der Waals surface area contributed by atoms with Crippen LogP contribution in [0.15, 0.2) is 24.4 Å². The summed E-state index contributed by atoms with van der Waals surface area (Å²) in [5.74, 6) is -2.17. The van der Waals surface area contributed by atoms with Gasteiger partial charge in [0.1, 0.15) is 5.82 Å². The second-order valence-electron chi connectivity index (χ2n) is 4.95. The fourth-order valence-electron chi connectivity index (χ4n) is 1.82. The molecule has 0 atom stereocenters. The summed E-state index contributed by atoms with van der Waals surface area (Å²) in [5.41, 5.74) is 5.58. The van der Waals surface area contributed by atoms with Crippen LogP contribution in [0.2, 0.25) is 0 Å². The van der Waals surface area contributed by atoms with Crippen LogP contribution in [0.3, 0.4) is 0 Å². The number of amides is 3. The van der Waals surface area contributed by atoms with Crippen molar-refractivity contribution in [2.24, 2.45) is 5.73 Å². The molecule has 0 fully saturated rings. The lowest BCUT2D eigenvalue weighted by Gasteiger charge is -2.13. The quantitative estimate of drug-likeness (QED) is 0.632. The summed E-state index contributed by atoms with van der Waals surface area (Å²) in [4.78, 5) is 22.6. The Hall–Kier alpha value is -3.18. The van der Waals surface area contributed by atoms with Crippen molar-refractivity contribution in [3.8, 4) is 0 Å². The van der Waals surface area contributed by atoms with Crippen LogP contribution in [0.4, 0.5) is 22.4 Å². The molecule has 0 spiro atoms. The minimum absolute atomic E-state index is 0.111. The highest BCUT2D eigenvalue weighted by atomic mass is 19.4. The summed E-state index contributed by atoms with van der Waals surface area (Å²) in [6.07, 6.45) is -3.67. The first-order chi connectivity index (χ1) is 11.6. The van der Waals surface area contributed by atoms with E-state index in [1.807, 2.05) is 0 Å². The van der Waals surface area contributed by atoms with Crippen molar-refractivity contribution in [2.45, 2.75) is 12.7 Å². The molecule has 2 aromatic rings. The van der Waals surface area contributed by atoms with E-state index in [2.05, 4.69) is 15.7 Å². The Morgan fingerprint density at radius 2 is 2.04 bits per heavy atom. The number of halogens is 4. The van der Waals surface area contributed by atoms with Gasteiger partial charge in [0.15, 0.2) is 5.69 Å². The van der Waals surface area contributed by atoms with Gasteiger partial charge in [-0.25, -0.2) is 18.9 Å². The average Bonchev–Trinajstić information content (AvgIpc) is 2.96. The number of rotatable bonds is 3. The molecule has 1 aromatic carbocycles. The summed E-state index contributed by atoms with van der Waals surface area (Å²) < 4.78 is 52.4. The lowest BCUT2D eigenvalue weighted by molar-refractivity contribution is -0.140. The van der Waals surface area contributed by atoms with Gasteiger partial charge >= 0.3 is 12.2 Å². The average molecular weight is 360 g/mol. The van der Waals surface area contributed by atoms with Gasteiger partial charge in [-0.05, 0) is 17.7 Å². The number of aromatic nitrogens is 3. The molecule has 12 heteroatoms. The molecule has 2 rings (SSSR count). The van der Waals surface area contributed by atoms with E-state index in [1.165, 1.54) is 7.05 Å². The molecule has 0 bridgehead atoms. The van der Waals surface area contributed by atoms with Crippen LogP contribution in [0.5, 0.6) is 0 Å². The minimum Gasteiger partial charge on any atom is -0.350 e. The Labute approximate surface area is 138 Å². The maximum atomic E-state index is 13.3. The second kappa shape index (κ2) is 6.75. The number of hydrazine groups is 1. The third-order valence-electron chi connectivity index (χ3n) is 3.05. The predicted molar refractivity (Wildman–Crippen MR) is 75.3 cm³/mol. The normalized spacial score (nSPS) is 11.2. The van der Waals surface area contributed by atoms with Gasteiger partial charge in [-0.15, -0.1) is 5.10 Å². The Kier molecular flexibility index (Phi) is 4.90. The molecule has 3 N–H and O–H groups in total. The van der Waals surface area contributed by atoms with E-state index in [9.17, 15) is 27.2 Å². The third kappa shape index (κ3) is 4.43. The van der Waals surface area contributed by atoms with Crippen LogP contribution in [-0.4, -0.2) is 39.0 Å². The zero-order valence-electron chi connectivity index (χ0n) is 12.7. The summed E-state index contributed by atoms with van der Waals surface area (Å²) in [7, 11) is 1.21. The van der Waals surface area contributed by atoms with Crippen molar-refractivity contribution >= 4 is 11.9 Å². The molecule has 0 aliphatic rings. The van der Waals surface area contributed by atoms with Crippen LogP contribution in [0, 0.1) is 5.82 Å². The van der Waals surface area contributed by atoms with E-state index in [-0.39, 0.29) is 17.8 Å². The molecule has 0 aliphatic carbocycles. The van der Waals surface area contributed by atoms with E-state index in [4.69, 9.17) is 5.73 Å². The maximum Gasteiger partial charge on any atom is 0.419 e. The van der Waals surface area contributed by atoms with E-state index >= 15 is 0 Å². The molecule has 1 aromatic heterocycles. The van der Waals surface area contributed by atoms with Gasteiger partial charge in [0, 0.05) is 7.05 Å². The number of urea groups is 1. The summed E-state index contributed by atoms with van der Waals surface area (Å²) >= 11 is 0. The molecule has 8 nitrogen and oxygen atoms in total. The maximum absolute atomic E-state index is 13.3. The number of nitrogens with one attached hydrogen (secondary N) is 1. The predicted octanol–water partition coefficient (Wildman–Crippen LogP) is 1.14. The Morgan fingerprint density at radius 3 is 2.64 bits per heavy atom. The fraction of sp³-hybridized carbons (Fsp3) is 0.231. The van der Waals surface area contributed by atoms with Crippen molar-refractivity contribution in [3.05, 3.63) is 47.0 Å². The Bertz CT molecular complexity index is 804. The minimum atomic E-state index is -4.83. The smallest absolute Gasteiger partial charge is 0.350 e. The molecule has 0 saturated heterocycles. The molecule has 0 aliphatic heterocycles. The highest BCUT2D eigenvalue weighted by Crippen LogP contribution is 2.31. The highest BCUT2D eigenvalue weighted by Gasteiger charge is 2.34. The van der Waals surface area contributed by atoms with Crippen molar-refractivity contribution < 1.29 is 27.2 Å². The summed E-state index contributed by atoms with van der Waals surface area (Å²) in [6.45, 7) is -0.171. The number of primary amides is 1. The molecule has 25 heavy (non-hydrogen) atoms. The zero-order chi connectivity index (χ0) is 18.8. The van der Waals surface area contributed by atoms with Gasteiger partial charge < -0.3 is 5.73 Å². The molecule has 0 saturated carbocycles. The molecule has 134 valence electrons. The van der Waals surface area contributed by atoms with Crippen molar-refractivity contribution in [2.75, 3.05) is 7.05 Å². The van der Waals surface area contributed by atoms with Gasteiger partial charge in [-0.1, -0.05) is 11.3 Å². The van der Waals surface area contributed by atoms with Crippen LogP contribution < -0.4 is 11.2 Å². The number of hydrogen-bond donors (Lipinski definition) is 2. The number of carbonyl (C=O) groups is 2. The topological polar surface area (TPSA) is 106 Å². The first kappa shape index (κ1) is 18.2. The first-order valence-electron chi connectivity index (χ1n) is 6.68. The largest absolute Gasteiger partial charge is 0.419 e. The number of hydrogen-bond acceptors (Lipinski definition) is 4. The number of alkyl halides is 3. The van der Waals surface area contributed by atoms with Crippen LogP contribution >= 0.6 is 0 Å². The van der Waals surface area contributed by atoms with Crippen molar-refractivity contribution in [1.82, 2.24) is 25.4 Å². The lowest BCUT2D eigenvalue weighted by atomic mass is 10.1. The second-order valence-corrected chi connectivity index (χ2v) is 4.95. The van der Waals surface area contributed by atoms with E-state index in [0.717, 1.165) is 22.0 Å². The van der Waals surface area contributed by atoms with Gasteiger partial charge in [-0.3, -0.25) is 10.2 Å². The highest BCUT2D eigenvalue weighted by molar-refractivity contribution is 5.92. The first-order valence-corrected chi connectivity index (χ1v) is 6.68. The molecule has 0 unspecified atom stereocenters. The lowest BCUT2D eigenvalue weighted by Crippen LogP contribution is -2.46. The third-order valence-corrected chi connectivity index (χ3v) is 3.05. The van der Waals surface area contributed by atoms with E-state index in [0.29, 0.717) is 12.1 Å². The fourth-order valence-corrected chi connectivity index (χ4v) is 1.82. The monoisotopic (exact) mass is 360 g/mol. The zero-order valence-corrected chi connectivity index (χ0v) is 12.7. The van der Waals surface area contributed by atoms with Gasteiger partial charge in [-0.2, -0.15) is 13.2 Å². The number of carbonyl (C=O) groups excluding carboxylic acids is 2. The molecule has 3 amide bonds. The number of nitrogens with zero attached hydrogens (tertiary/aromatic N) is 4. The van der Waals surface area contributed by atoms with E-state index in [1.54, 1.807) is 0 Å². The van der Waals surface area contributed by atoms with Crippen LogP contribution in [0.25, 0.3) is 0 Å². The molecular formula is C13H12F4N6O2. The van der Waals surface area contributed by atoms with Crippen molar-refractivity contribution in [3.63, 3.8) is 0 Å². The van der Waals surface area contributed by atoms with Crippen LogP contribution in [0.1, 0.15) is 21.6 Å². The SMILES string of the molecule is CN(NC(=O)c1cn(Cc2ccc(F)c(C(F)(F)F)c2)nn1)C(N)=O. The Balaban J connectivity index is 2.14. The number of benzene rings is 1. The van der Waals surface area contributed by atoms with Crippen LogP contribution in [-0.2, 0) is 12.7 Å². The summed E-state index contributed by atoms with van der Waals surface area (Å²) in [6, 6.07) is 1.60. The molecule has 0 radical (unpaired) electrons.